The molecule has 0 spiro atoms. The standard InChI is InChI=1S/C12H20N2O5/c1-8(15)14-5-3-4-9(7-14)11(16)13-6-10(19-2)12(17)18/h9-10H,3-7H2,1-2H3,(H,13,16)(H,17,18). The normalized spacial score (nSPS) is 20.7. The van der Waals surface area contributed by atoms with Crippen LogP contribution in [0.15, 0.2) is 0 Å². The van der Waals surface area contributed by atoms with Gasteiger partial charge in [0.2, 0.25) is 11.8 Å². The molecule has 0 radical (unpaired) electrons. The van der Waals surface area contributed by atoms with Crippen molar-refractivity contribution in [2.45, 2.75) is 25.9 Å². The second-order valence-corrected chi connectivity index (χ2v) is 4.61. The van der Waals surface area contributed by atoms with Crippen LogP contribution in [0.4, 0.5) is 0 Å². The van der Waals surface area contributed by atoms with Gasteiger partial charge in [0.1, 0.15) is 0 Å². The van der Waals surface area contributed by atoms with E-state index in [1.165, 1.54) is 14.0 Å². The largest absolute Gasteiger partial charge is 0.479 e. The molecule has 0 aromatic heterocycles. The summed E-state index contributed by atoms with van der Waals surface area (Å²) in [6.07, 6.45) is 0.446. The summed E-state index contributed by atoms with van der Waals surface area (Å²) in [5.41, 5.74) is 0. The Balaban J connectivity index is 2.44. The fraction of sp³-hybridized carbons (Fsp3) is 0.750. The van der Waals surface area contributed by atoms with Gasteiger partial charge in [-0.2, -0.15) is 0 Å². The topological polar surface area (TPSA) is 95.9 Å². The number of hydrogen-bond donors (Lipinski definition) is 2. The molecule has 2 amide bonds. The molecular formula is C12H20N2O5. The van der Waals surface area contributed by atoms with Gasteiger partial charge in [0.25, 0.3) is 0 Å². The third-order valence-corrected chi connectivity index (χ3v) is 3.26. The molecule has 2 N–H and O–H groups in total. The molecular weight excluding hydrogens is 252 g/mol. The van der Waals surface area contributed by atoms with Gasteiger partial charge in [-0.3, -0.25) is 9.59 Å². The summed E-state index contributed by atoms with van der Waals surface area (Å²) in [7, 11) is 1.28. The fourth-order valence-corrected chi connectivity index (χ4v) is 2.09. The van der Waals surface area contributed by atoms with Crippen LogP contribution in [0.1, 0.15) is 19.8 Å². The molecule has 1 fully saturated rings. The van der Waals surface area contributed by atoms with Crippen LogP contribution >= 0.6 is 0 Å². The lowest BCUT2D eigenvalue weighted by atomic mass is 9.97. The average molecular weight is 272 g/mol. The first-order chi connectivity index (χ1) is 8.95. The zero-order valence-electron chi connectivity index (χ0n) is 11.2. The maximum Gasteiger partial charge on any atom is 0.334 e. The van der Waals surface area contributed by atoms with E-state index in [0.29, 0.717) is 19.5 Å². The van der Waals surface area contributed by atoms with Crippen molar-refractivity contribution in [3.8, 4) is 0 Å². The van der Waals surface area contributed by atoms with E-state index < -0.39 is 12.1 Å². The third-order valence-electron chi connectivity index (χ3n) is 3.26. The second kappa shape index (κ2) is 7.08. The molecule has 1 heterocycles. The van der Waals surface area contributed by atoms with Crippen LogP contribution < -0.4 is 5.32 Å². The first-order valence-corrected chi connectivity index (χ1v) is 6.24. The van der Waals surface area contributed by atoms with Crippen LogP contribution in [0.25, 0.3) is 0 Å². The summed E-state index contributed by atoms with van der Waals surface area (Å²) in [5, 5.41) is 11.3. The van der Waals surface area contributed by atoms with Crippen molar-refractivity contribution < 1.29 is 24.2 Å². The molecule has 0 saturated carbocycles. The lowest BCUT2D eigenvalue weighted by molar-refractivity contribution is -0.148. The second-order valence-electron chi connectivity index (χ2n) is 4.61. The van der Waals surface area contributed by atoms with Gasteiger partial charge in [-0.05, 0) is 12.8 Å². The number of carbonyl (C=O) groups is 3. The zero-order valence-corrected chi connectivity index (χ0v) is 11.2. The molecule has 19 heavy (non-hydrogen) atoms. The highest BCUT2D eigenvalue weighted by Crippen LogP contribution is 2.16. The molecule has 0 aromatic carbocycles. The number of carbonyl (C=O) groups excluding carboxylic acids is 2. The number of piperidine rings is 1. The lowest BCUT2D eigenvalue weighted by Crippen LogP contribution is -2.47. The van der Waals surface area contributed by atoms with Crippen LogP contribution in [0.5, 0.6) is 0 Å². The van der Waals surface area contributed by atoms with Gasteiger partial charge >= 0.3 is 5.97 Å². The maximum atomic E-state index is 11.9. The van der Waals surface area contributed by atoms with Crippen molar-refractivity contribution in [3.63, 3.8) is 0 Å². The van der Waals surface area contributed by atoms with Crippen LogP contribution in [-0.4, -0.2) is 60.6 Å². The SMILES string of the molecule is COC(CNC(=O)C1CCCN(C(C)=O)C1)C(=O)O. The Hall–Kier alpha value is -1.63. The summed E-state index contributed by atoms with van der Waals surface area (Å²) < 4.78 is 4.73. The van der Waals surface area contributed by atoms with E-state index in [4.69, 9.17) is 9.84 Å². The Labute approximate surface area is 111 Å². The highest BCUT2D eigenvalue weighted by molar-refractivity contribution is 5.81. The number of carboxylic acid groups (broad SMARTS) is 1. The Morgan fingerprint density at radius 3 is 2.68 bits per heavy atom. The molecule has 0 bridgehead atoms. The van der Waals surface area contributed by atoms with E-state index in [0.717, 1.165) is 6.42 Å². The summed E-state index contributed by atoms with van der Waals surface area (Å²) in [5.74, 6) is -1.66. The molecule has 1 aliphatic rings. The molecule has 2 atom stereocenters. The van der Waals surface area contributed by atoms with E-state index in [9.17, 15) is 14.4 Å². The highest BCUT2D eigenvalue weighted by atomic mass is 16.5. The Bertz CT molecular complexity index is 358. The molecule has 1 saturated heterocycles. The van der Waals surface area contributed by atoms with E-state index in [1.54, 1.807) is 4.90 Å². The van der Waals surface area contributed by atoms with E-state index in [2.05, 4.69) is 5.32 Å². The number of nitrogens with one attached hydrogen (secondary N) is 1. The number of methoxy groups -OCH3 is 1. The van der Waals surface area contributed by atoms with Gasteiger partial charge in [-0.15, -0.1) is 0 Å². The van der Waals surface area contributed by atoms with Crippen LogP contribution in [-0.2, 0) is 19.1 Å². The lowest BCUT2D eigenvalue weighted by Gasteiger charge is -2.31. The van der Waals surface area contributed by atoms with E-state index >= 15 is 0 Å². The summed E-state index contributed by atoms with van der Waals surface area (Å²) in [4.78, 5) is 35.5. The minimum absolute atomic E-state index is 0.0437. The quantitative estimate of drug-likeness (QED) is 0.701. The monoisotopic (exact) mass is 272 g/mol. The minimum atomic E-state index is -1.11. The molecule has 7 nitrogen and oxygen atoms in total. The van der Waals surface area contributed by atoms with Gasteiger partial charge in [0.15, 0.2) is 6.10 Å². The number of carboxylic acids is 1. The third kappa shape index (κ3) is 4.51. The predicted molar refractivity (Wildman–Crippen MR) is 66.4 cm³/mol. The number of amides is 2. The van der Waals surface area contributed by atoms with Gasteiger partial charge in [0.05, 0.1) is 12.5 Å². The number of rotatable bonds is 5. The van der Waals surface area contributed by atoms with Crippen LogP contribution in [0, 0.1) is 5.92 Å². The first-order valence-electron chi connectivity index (χ1n) is 6.24. The number of likely N-dealkylation sites (tertiary alicyclic amines) is 1. The highest BCUT2D eigenvalue weighted by Gasteiger charge is 2.27. The molecule has 0 aliphatic carbocycles. The maximum absolute atomic E-state index is 11.9. The van der Waals surface area contributed by atoms with Crippen molar-refractivity contribution >= 4 is 17.8 Å². The Kier molecular flexibility index (Phi) is 5.75. The van der Waals surface area contributed by atoms with Crippen LogP contribution in [0.3, 0.4) is 0 Å². The summed E-state index contributed by atoms with van der Waals surface area (Å²) in [6, 6.07) is 0. The predicted octanol–water partition coefficient (Wildman–Crippen LogP) is -0.539. The van der Waals surface area contributed by atoms with Crippen molar-refractivity contribution in [1.29, 1.82) is 0 Å². The smallest absolute Gasteiger partial charge is 0.334 e. The van der Waals surface area contributed by atoms with Gasteiger partial charge < -0.3 is 20.1 Å². The van der Waals surface area contributed by atoms with Crippen molar-refractivity contribution in [3.05, 3.63) is 0 Å². The molecule has 108 valence electrons. The first kappa shape index (κ1) is 15.4. The van der Waals surface area contributed by atoms with E-state index in [1.807, 2.05) is 0 Å². The minimum Gasteiger partial charge on any atom is -0.479 e. The fourth-order valence-electron chi connectivity index (χ4n) is 2.09. The van der Waals surface area contributed by atoms with Gasteiger partial charge in [-0.1, -0.05) is 0 Å². The molecule has 7 heteroatoms. The molecule has 1 aliphatic heterocycles. The van der Waals surface area contributed by atoms with Crippen molar-refractivity contribution in [2.75, 3.05) is 26.7 Å². The van der Waals surface area contributed by atoms with E-state index in [-0.39, 0.29) is 24.3 Å². The van der Waals surface area contributed by atoms with Crippen LogP contribution in [0.2, 0.25) is 0 Å². The number of aliphatic carboxylic acids is 1. The molecule has 2 unspecified atom stereocenters. The average Bonchev–Trinajstić information content (AvgIpc) is 2.38. The number of hydrogen-bond acceptors (Lipinski definition) is 4. The number of ether oxygens (including phenoxy) is 1. The molecule has 1 rings (SSSR count). The Morgan fingerprint density at radius 1 is 1.47 bits per heavy atom. The van der Waals surface area contributed by atoms with Crippen molar-refractivity contribution in [1.82, 2.24) is 10.2 Å². The zero-order chi connectivity index (χ0) is 14.4. The number of nitrogens with zero attached hydrogens (tertiary/aromatic N) is 1. The Morgan fingerprint density at radius 2 is 2.16 bits per heavy atom. The summed E-state index contributed by atoms with van der Waals surface area (Å²) in [6.45, 7) is 2.48. The summed E-state index contributed by atoms with van der Waals surface area (Å²) >= 11 is 0. The van der Waals surface area contributed by atoms with Crippen molar-refractivity contribution in [2.24, 2.45) is 5.92 Å². The molecule has 0 aromatic rings. The van der Waals surface area contributed by atoms with Gasteiger partial charge in [0, 0.05) is 27.1 Å². The van der Waals surface area contributed by atoms with Gasteiger partial charge in [-0.25, -0.2) is 4.79 Å².